The van der Waals surface area contributed by atoms with E-state index in [0.29, 0.717) is 37.8 Å². The number of piperazine rings is 1. The Bertz CT molecular complexity index is 1310. The summed E-state index contributed by atoms with van der Waals surface area (Å²) >= 11 is 1.24. The lowest BCUT2D eigenvalue weighted by Gasteiger charge is -2.37. The van der Waals surface area contributed by atoms with E-state index in [9.17, 15) is 14.4 Å². The van der Waals surface area contributed by atoms with Crippen molar-refractivity contribution in [2.24, 2.45) is 0 Å². The highest BCUT2D eigenvalue weighted by Gasteiger charge is 2.38. The van der Waals surface area contributed by atoms with E-state index in [4.69, 9.17) is 13.9 Å². The number of aromatic nitrogens is 1. The Hall–Kier alpha value is -3.80. The molecule has 222 valence electrons. The van der Waals surface area contributed by atoms with Crippen LogP contribution in [0, 0.1) is 0 Å². The van der Waals surface area contributed by atoms with Gasteiger partial charge in [-0.25, -0.2) is 14.6 Å². The number of carbonyl (C=O) groups excluding carboxylic acids is 3. The third-order valence-electron chi connectivity index (χ3n) is 6.37. The minimum absolute atomic E-state index is 0.286. The number of hydrogen-bond donors (Lipinski definition) is 2. The number of furan rings is 1. The molecule has 2 aliphatic rings. The van der Waals surface area contributed by atoms with E-state index < -0.39 is 28.9 Å². The van der Waals surface area contributed by atoms with Crippen molar-refractivity contribution in [3.8, 4) is 0 Å². The summed E-state index contributed by atoms with van der Waals surface area (Å²) in [5, 5.41) is 8.05. The molecule has 0 bridgehead atoms. The number of thiazole rings is 1. The molecule has 1 saturated heterocycles. The molecule has 2 atom stereocenters. The van der Waals surface area contributed by atoms with Gasteiger partial charge in [0.15, 0.2) is 5.01 Å². The first-order chi connectivity index (χ1) is 19.1. The number of alkyl carbamates (subject to hydrolysis) is 1. The molecule has 0 saturated carbocycles. The third-order valence-corrected chi connectivity index (χ3v) is 7.20. The minimum Gasteiger partial charge on any atom is -0.464 e. The Morgan fingerprint density at radius 3 is 2.37 bits per heavy atom. The van der Waals surface area contributed by atoms with Crippen LogP contribution in [0.4, 0.5) is 15.4 Å². The lowest BCUT2D eigenvalue weighted by Crippen LogP contribution is -2.60. The smallest absolute Gasteiger partial charge is 0.410 e. The SMILES string of the molecule is CC(C)(C)OC(=O)NC1C=CC(c2ccco2)=CC1(C)NC(=O)c1nc(N2CCN(C(=O)OC(C)(C)C)CC2)cs1. The van der Waals surface area contributed by atoms with E-state index in [2.05, 4.69) is 15.6 Å². The second kappa shape index (κ2) is 11.6. The van der Waals surface area contributed by atoms with Crippen molar-refractivity contribution in [2.75, 3.05) is 31.1 Å². The molecule has 3 heterocycles. The average molecular weight is 586 g/mol. The molecule has 12 heteroatoms. The summed E-state index contributed by atoms with van der Waals surface area (Å²) in [5.74, 6) is 0.935. The van der Waals surface area contributed by atoms with Gasteiger partial charge >= 0.3 is 12.2 Å². The molecule has 4 rings (SSSR count). The molecule has 0 spiro atoms. The largest absolute Gasteiger partial charge is 0.464 e. The van der Waals surface area contributed by atoms with E-state index in [-0.39, 0.29) is 17.0 Å². The molecule has 11 nitrogen and oxygen atoms in total. The number of hydrogen-bond acceptors (Lipinski definition) is 9. The lowest BCUT2D eigenvalue weighted by atomic mass is 9.84. The summed E-state index contributed by atoms with van der Waals surface area (Å²) in [6.07, 6.45) is 6.16. The van der Waals surface area contributed by atoms with Crippen LogP contribution in [0.3, 0.4) is 0 Å². The van der Waals surface area contributed by atoms with Crippen molar-refractivity contribution in [1.82, 2.24) is 20.5 Å². The van der Waals surface area contributed by atoms with Crippen molar-refractivity contribution < 1.29 is 28.3 Å². The molecule has 1 aliphatic heterocycles. The number of carbonyl (C=O) groups is 3. The highest BCUT2D eigenvalue weighted by Crippen LogP contribution is 2.30. The average Bonchev–Trinajstić information content (AvgIpc) is 3.56. The Kier molecular flexibility index (Phi) is 8.53. The maximum absolute atomic E-state index is 13.5. The van der Waals surface area contributed by atoms with Crippen LogP contribution in [0.25, 0.3) is 5.57 Å². The van der Waals surface area contributed by atoms with Crippen molar-refractivity contribution in [3.63, 3.8) is 0 Å². The highest BCUT2D eigenvalue weighted by atomic mass is 32.1. The first kappa shape index (κ1) is 30.2. The Morgan fingerprint density at radius 1 is 1.07 bits per heavy atom. The van der Waals surface area contributed by atoms with Crippen molar-refractivity contribution in [3.05, 3.63) is 52.8 Å². The number of anilines is 1. The van der Waals surface area contributed by atoms with Gasteiger partial charge in [-0.2, -0.15) is 0 Å². The minimum atomic E-state index is -1.02. The van der Waals surface area contributed by atoms with Crippen LogP contribution in [-0.4, -0.2) is 76.9 Å². The van der Waals surface area contributed by atoms with Crippen LogP contribution >= 0.6 is 11.3 Å². The number of nitrogens with one attached hydrogen (secondary N) is 2. The predicted molar refractivity (Wildman–Crippen MR) is 157 cm³/mol. The van der Waals surface area contributed by atoms with E-state index in [0.717, 1.165) is 5.57 Å². The summed E-state index contributed by atoms with van der Waals surface area (Å²) in [4.78, 5) is 46.8. The van der Waals surface area contributed by atoms with Crippen molar-refractivity contribution >= 4 is 40.8 Å². The van der Waals surface area contributed by atoms with Gasteiger partial charge in [0, 0.05) is 37.1 Å². The fourth-order valence-electron chi connectivity index (χ4n) is 4.46. The second-order valence-electron chi connectivity index (χ2n) is 12.3. The zero-order chi connectivity index (χ0) is 30.0. The van der Waals surface area contributed by atoms with Gasteiger partial charge in [0.2, 0.25) is 0 Å². The predicted octanol–water partition coefficient (Wildman–Crippen LogP) is 4.83. The number of ether oxygens (including phenoxy) is 2. The summed E-state index contributed by atoms with van der Waals surface area (Å²) in [6, 6.07) is 3.02. The number of nitrogens with zero attached hydrogens (tertiary/aromatic N) is 3. The first-order valence-corrected chi connectivity index (χ1v) is 14.5. The summed E-state index contributed by atoms with van der Waals surface area (Å²) in [7, 11) is 0. The molecule has 2 N–H and O–H groups in total. The maximum Gasteiger partial charge on any atom is 0.410 e. The maximum atomic E-state index is 13.5. The molecule has 2 aromatic rings. The Morgan fingerprint density at radius 2 is 1.76 bits per heavy atom. The van der Waals surface area contributed by atoms with E-state index in [1.54, 1.807) is 44.1 Å². The van der Waals surface area contributed by atoms with Gasteiger partial charge in [-0.3, -0.25) is 4.79 Å². The van der Waals surface area contributed by atoms with Crippen LogP contribution in [-0.2, 0) is 9.47 Å². The summed E-state index contributed by atoms with van der Waals surface area (Å²) in [5.41, 5.74) is -1.48. The van der Waals surface area contributed by atoms with Crippen molar-refractivity contribution in [2.45, 2.75) is 71.2 Å². The van der Waals surface area contributed by atoms with Gasteiger partial charge in [-0.15, -0.1) is 11.3 Å². The Labute approximate surface area is 244 Å². The molecule has 1 fully saturated rings. The fourth-order valence-corrected chi connectivity index (χ4v) is 5.18. The highest BCUT2D eigenvalue weighted by molar-refractivity contribution is 7.12. The van der Waals surface area contributed by atoms with Gasteiger partial charge < -0.3 is 34.3 Å². The Balaban J connectivity index is 1.45. The van der Waals surface area contributed by atoms with Crippen LogP contribution in [0.5, 0.6) is 0 Å². The topological polar surface area (TPSA) is 126 Å². The molecule has 0 aromatic carbocycles. The summed E-state index contributed by atoms with van der Waals surface area (Å²) < 4.78 is 16.5. The van der Waals surface area contributed by atoms with Gasteiger partial charge in [0.1, 0.15) is 22.8 Å². The third kappa shape index (κ3) is 7.90. The second-order valence-corrected chi connectivity index (χ2v) is 13.1. The van der Waals surface area contributed by atoms with Gasteiger partial charge in [-0.1, -0.05) is 12.2 Å². The summed E-state index contributed by atoms with van der Waals surface area (Å²) in [6.45, 7) is 14.9. The number of rotatable bonds is 5. The molecule has 1 aliphatic carbocycles. The van der Waals surface area contributed by atoms with Gasteiger partial charge in [0.25, 0.3) is 5.91 Å². The fraction of sp³-hybridized carbons (Fsp3) is 0.517. The van der Waals surface area contributed by atoms with Crippen molar-refractivity contribution in [1.29, 1.82) is 0 Å². The van der Waals surface area contributed by atoms with Crippen LogP contribution in [0.15, 0.2) is 46.4 Å². The monoisotopic (exact) mass is 585 g/mol. The molecule has 2 aromatic heterocycles. The molecular formula is C29H39N5O6S. The van der Waals surface area contributed by atoms with E-state index in [1.807, 2.05) is 56.2 Å². The van der Waals surface area contributed by atoms with Crippen LogP contribution < -0.4 is 15.5 Å². The normalized spacial score (nSPS) is 21.2. The number of allylic oxidation sites excluding steroid dienone is 2. The molecular weight excluding hydrogens is 546 g/mol. The number of amides is 3. The van der Waals surface area contributed by atoms with Gasteiger partial charge in [-0.05, 0) is 66.7 Å². The molecule has 0 radical (unpaired) electrons. The van der Waals surface area contributed by atoms with E-state index >= 15 is 0 Å². The molecule has 41 heavy (non-hydrogen) atoms. The van der Waals surface area contributed by atoms with E-state index in [1.165, 1.54) is 11.3 Å². The van der Waals surface area contributed by atoms with Crippen LogP contribution in [0.2, 0.25) is 0 Å². The zero-order valence-corrected chi connectivity index (χ0v) is 25.5. The molecule has 3 amide bonds. The quantitative estimate of drug-likeness (QED) is 0.511. The lowest BCUT2D eigenvalue weighted by molar-refractivity contribution is 0.0240. The zero-order valence-electron chi connectivity index (χ0n) is 24.6. The first-order valence-electron chi connectivity index (χ1n) is 13.6. The molecule has 2 unspecified atom stereocenters. The van der Waals surface area contributed by atoms with Gasteiger partial charge in [0.05, 0.1) is 17.8 Å². The van der Waals surface area contributed by atoms with Crippen LogP contribution in [0.1, 0.15) is 64.0 Å². The standard InChI is InChI=1S/C29H39N5O6S/c1-27(2,3)39-25(36)30-21-11-10-19(20-9-8-16-38-20)17-29(21,7)32-23(35)24-31-22(18-41-24)33-12-14-34(15-13-33)26(37)40-28(4,5)6/h8-11,16-18,21H,12-15H2,1-7H3,(H,30,36)(H,32,35).